The van der Waals surface area contributed by atoms with Crippen LogP contribution >= 0.6 is 23.2 Å². The molecule has 0 bridgehead atoms. The number of sulfonamides is 1. The van der Waals surface area contributed by atoms with Crippen molar-refractivity contribution >= 4 is 39.2 Å². The molecule has 1 rings (SSSR count). The summed E-state index contributed by atoms with van der Waals surface area (Å²) < 4.78 is 25.8. The van der Waals surface area contributed by atoms with E-state index in [1.165, 1.54) is 4.31 Å². The first-order chi connectivity index (χ1) is 12.7. The number of guanidine groups is 1. The summed E-state index contributed by atoms with van der Waals surface area (Å²) in [6, 6.07) is 4.85. The predicted molar refractivity (Wildman–Crippen MR) is 112 cm³/mol. The van der Waals surface area contributed by atoms with E-state index in [0.29, 0.717) is 41.2 Å². The number of aliphatic imine (C=N–C) groups is 1. The summed E-state index contributed by atoms with van der Waals surface area (Å²) in [5.74, 6) is 0.394. The van der Waals surface area contributed by atoms with Crippen molar-refractivity contribution in [3.05, 3.63) is 33.8 Å². The van der Waals surface area contributed by atoms with Gasteiger partial charge in [0.1, 0.15) is 0 Å². The summed E-state index contributed by atoms with van der Waals surface area (Å²) in [7, 11) is -3.31. The lowest BCUT2D eigenvalue weighted by atomic mass is 10.1. The van der Waals surface area contributed by atoms with Crippen LogP contribution in [-0.4, -0.2) is 62.3 Å². The SMILES string of the molecule is CCNC(=NCC(O)c1cc(Cl)cc(Cl)c1)NCCS(=O)(=O)N(CC)CC. The van der Waals surface area contributed by atoms with Gasteiger partial charge < -0.3 is 15.7 Å². The third-order valence-corrected chi connectivity index (χ3v) is 6.25. The fraction of sp³-hybridized carbons (Fsp3) is 0.588. The minimum atomic E-state index is -3.31. The number of benzene rings is 1. The molecular formula is C17H28Cl2N4O3S. The molecule has 1 aromatic rings. The molecule has 0 spiro atoms. The van der Waals surface area contributed by atoms with Gasteiger partial charge in [-0.15, -0.1) is 0 Å². The largest absolute Gasteiger partial charge is 0.386 e. The Kier molecular flexibility index (Phi) is 10.4. The molecular weight excluding hydrogens is 411 g/mol. The Labute approximate surface area is 171 Å². The molecule has 10 heteroatoms. The summed E-state index contributed by atoms with van der Waals surface area (Å²) in [5, 5.41) is 17.2. The first-order valence-electron chi connectivity index (χ1n) is 8.87. The fourth-order valence-corrected chi connectivity index (χ4v) is 4.38. The van der Waals surface area contributed by atoms with Crippen molar-refractivity contribution in [2.45, 2.75) is 26.9 Å². The maximum atomic E-state index is 12.2. The quantitative estimate of drug-likeness (QED) is 0.384. The van der Waals surface area contributed by atoms with Crippen molar-refractivity contribution in [2.24, 2.45) is 4.99 Å². The highest BCUT2D eigenvalue weighted by atomic mass is 35.5. The van der Waals surface area contributed by atoms with E-state index >= 15 is 0 Å². The molecule has 1 aromatic carbocycles. The number of nitrogens with zero attached hydrogens (tertiary/aromatic N) is 2. The van der Waals surface area contributed by atoms with E-state index in [1.54, 1.807) is 18.2 Å². The van der Waals surface area contributed by atoms with Crippen LogP contribution in [0.1, 0.15) is 32.4 Å². The first-order valence-corrected chi connectivity index (χ1v) is 11.2. The third kappa shape index (κ3) is 8.23. The van der Waals surface area contributed by atoms with Gasteiger partial charge in [0.2, 0.25) is 10.0 Å². The molecule has 0 heterocycles. The number of hydrogen-bond donors (Lipinski definition) is 3. The highest BCUT2D eigenvalue weighted by Gasteiger charge is 2.18. The van der Waals surface area contributed by atoms with Crippen molar-refractivity contribution in [3.63, 3.8) is 0 Å². The molecule has 0 aliphatic rings. The van der Waals surface area contributed by atoms with Gasteiger partial charge >= 0.3 is 0 Å². The topological polar surface area (TPSA) is 94.0 Å². The van der Waals surface area contributed by atoms with Gasteiger partial charge in [-0.1, -0.05) is 37.0 Å². The van der Waals surface area contributed by atoms with Crippen LogP contribution in [0.4, 0.5) is 0 Å². The number of halogens is 2. The monoisotopic (exact) mass is 438 g/mol. The Hall–Kier alpha value is -1.06. The second-order valence-electron chi connectivity index (χ2n) is 5.77. The summed E-state index contributed by atoms with van der Waals surface area (Å²) in [6.07, 6.45) is -0.879. The summed E-state index contributed by atoms with van der Waals surface area (Å²) in [5.41, 5.74) is 0.566. The van der Waals surface area contributed by atoms with Gasteiger partial charge in [-0.25, -0.2) is 12.7 Å². The minimum absolute atomic E-state index is 0.0362. The van der Waals surface area contributed by atoms with E-state index in [-0.39, 0.29) is 18.8 Å². The van der Waals surface area contributed by atoms with Crippen LogP contribution in [-0.2, 0) is 10.0 Å². The number of rotatable bonds is 10. The van der Waals surface area contributed by atoms with Crippen LogP contribution in [0.5, 0.6) is 0 Å². The van der Waals surface area contributed by atoms with E-state index in [0.717, 1.165) is 0 Å². The molecule has 0 aliphatic heterocycles. The molecule has 0 radical (unpaired) electrons. The zero-order chi connectivity index (χ0) is 20.4. The van der Waals surface area contributed by atoms with Gasteiger partial charge in [-0.05, 0) is 30.7 Å². The zero-order valence-electron chi connectivity index (χ0n) is 15.9. The Bertz CT molecular complexity index is 705. The molecule has 27 heavy (non-hydrogen) atoms. The minimum Gasteiger partial charge on any atom is -0.386 e. The Morgan fingerprint density at radius 1 is 1.15 bits per heavy atom. The molecule has 154 valence electrons. The third-order valence-electron chi connectivity index (χ3n) is 3.79. The number of aliphatic hydroxyl groups excluding tert-OH is 1. The molecule has 3 N–H and O–H groups in total. The van der Waals surface area contributed by atoms with Gasteiger partial charge in [0.15, 0.2) is 5.96 Å². The first kappa shape index (κ1) is 24.0. The maximum absolute atomic E-state index is 12.2. The second-order valence-corrected chi connectivity index (χ2v) is 8.73. The molecule has 0 saturated carbocycles. The molecule has 0 amide bonds. The molecule has 0 saturated heterocycles. The number of nitrogens with one attached hydrogen (secondary N) is 2. The number of aliphatic hydroxyl groups is 1. The number of hydrogen-bond acceptors (Lipinski definition) is 4. The maximum Gasteiger partial charge on any atom is 0.215 e. The highest BCUT2D eigenvalue weighted by Crippen LogP contribution is 2.23. The normalized spacial score (nSPS) is 13.7. The van der Waals surface area contributed by atoms with Gasteiger partial charge in [0.05, 0.1) is 18.4 Å². The van der Waals surface area contributed by atoms with Crippen molar-refractivity contribution in [3.8, 4) is 0 Å². The molecule has 0 aromatic heterocycles. The van der Waals surface area contributed by atoms with Crippen molar-refractivity contribution in [1.29, 1.82) is 0 Å². The van der Waals surface area contributed by atoms with Crippen LogP contribution < -0.4 is 10.6 Å². The van der Waals surface area contributed by atoms with E-state index in [9.17, 15) is 13.5 Å². The lowest BCUT2D eigenvalue weighted by Gasteiger charge is -2.19. The fourth-order valence-electron chi connectivity index (χ4n) is 2.44. The molecule has 1 atom stereocenters. The smallest absolute Gasteiger partial charge is 0.215 e. The van der Waals surface area contributed by atoms with Crippen molar-refractivity contribution < 1.29 is 13.5 Å². The van der Waals surface area contributed by atoms with E-state index in [4.69, 9.17) is 23.2 Å². The summed E-state index contributed by atoms with van der Waals surface area (Å²) in [6.45, 7) is 7.30. The Balaban J connectivity index is 2.69. The van der Waals surface area contributed by atoms with E-state index < -0.39 is 16.1 Å². The Morgan fingerprint density at radius 2 is 1.74 bits per heavy atom. The van der Waals surface area contributed by atoms with Crippen LogP contribution in [0.15, 0.2) is 23.2 Å². The molecule has 7 nitrogen and oxygen atoms in total. The lowest BCUT2D eigenvalue weighted by Crippen LogP contribution is -2.42. The van der Waals surface area contributed by atoms with Crippen molar-refractivity contribution in [2.75, 3.05) is 38.5 Å². The molecule has 0 aliphatic carbocycles. The van der Waals surface area contributed by atoms with E-state index in [1.807, 2.05) is 20.8 Å². The van der Waals surface area contributed by atoms with Gasteiger partial charge in [-0.3, -0.25) is 4.99 Å². The van der Waals surface area contributed by atoms with Gasteiger partial charge in [-0.2, -0.15) is 0 Å². The summed E-state index contributed by atoms with van der Waals surface area (Å²) in [4.78, 5) is 4.30. The molecule has 1 unspecified atom stereocenters. The highest BCUT2D eigenvalue weighted by molar-refractivity contribution is 7.89. The average Bonchev–Trinajstić information content (AvgIpc) is 2.59. The molecule has 0 fully saturated rings. The van der Waals surface area contributed by atoms with Crippen LogP contribution in [0.3, 0.4) is 0 Å². The van der Waals surface area contributed by atoms with Gasteiger partial charge in [0, 0.05) is 36.2 Å². The Morgan fingerprint density at radius 3 is 2.26 bits per heavy atom. The predicted octanol–water partition coefficient (Wildman–Crippen LogP) is 2.25. The van der Waals surface area contributed by atoms with E-state index in [2.05, 4.69) is 15.6 Å². The van der Waals surface area contributed by atoms with Crippen LogP contribution in [0.25, 0.3) is 0 Å². The van der Waals surface area contributed by atoms with Gasteiger partial charge in [0.25, 0.3) is 0 Å². The second kappa shape index (κ2) is 11.7. The zero-order valence-corrected chi connectivity index (χ0v) is 18.2. The van der Waals surface area contributed by atoms with Crippen LogP contribution in [0, 0.1) is 0 Å². The van der Waals surface area contributed by atoms with Crippen LogP contribution in [0.2, 0.25) is 10.0 Å². The standard InChI is InChI=1S/C17H28Cl2N4O3S/c1-4-20-17(21-7-8-27(25,26)23(5-2)6-3)22-12-16(24)13-9-14(18)11-15(19)10-13/h9-11,16,24H,4-8,12H2,1-3H3,(H2,20,21,22). The summed E-state index contributed by atoms with van der Waals surface area (Å²) >= 11 is 11.9. The lowest BCUT2D eigenvalue weighted by molar-refractivity contribution is 0.187. The van der Waals surface area contributed by atoms with Crippen molar-refractivity contribution in [1.82, 2.24) is 14.9 Å². The average molecular weight is 439 g/mol.